The molecular formula is C21H40N2O2. The van der Waals surface area contributed by atoms with Gasteiger partial charge in [0, 0.05) is 12.8 Å². The Kier molecular flexibility index (Phi) is 9.29. The van der Waals surface area contributed by atoms with Crippen LogP contribution in [0.25, 0.3) is 0 Å². The summed E-state index contributed by atoms with van der Waals surface area (Å²) in [4.78, 5) is 25.7. The molecule has 2 saturated heterocycles. The Bertz CT molecular complexity index is 420. The van der Waals surface area contributed by atoms with Crippen LogP contribution in [0.2, 0.25) is 0 Å². The molecule has 0 aromatic heterocycles. The zero-order valence-electron chi connectivity index (χ0n) is 17.1. The van der Waals surface area contributed by atoms with E-state index in [0.29, 0.717) is 31.0 Å². The van der Waals surface area contributed by atoms with E-state index in [0.717, 1.165) is 36.0 Å². The number of rotatable bonds is 8. The minimum absolute atomic E-state index is 0. The second-order valence-electron chi connectivity index (χ2n) is 8.41. The molecule has 0 unspecified atom stereocenters. The molecule has 2 rings (SSSR count). The summed E-state index contributed by atoms with van der Waals surface area (Å²) in [6, 6.07) is 0. The minimum atomic E-state index is 0. The minimum Gasteiger partial charge on any atom is -0.358 e. The normalized spacial score (nSPS) is 28.4. The molecule has 0 spiro atoms. The predicted octanol–water partition coefficient (Wildman–Crippen LogP) is 3.35. The molecule has 0 aromatic rings. The number of piperidine rings is 2. The maximum Gasteiger partial charge on any atom is 0.186 e. The fraction of sp³-hybridized carbons (Fsp3) is 0.857. The van der Waals surface area contributed by atoms with Crippen LogP contribution < -0.4 is 0 Å². The zero-order chi connectivity index (χ0) is 17.6. The number of nitrogens with zero attached hydrogens (tertiary/aromatic N) is 2. The molecule has 0 aromatic carbocycles. The van der Waals surface area contributed by atoms with Crippen LogP contribution in [0.5, 0.6) is 0 Å². The van der Waals surface area contributed by atoms with Crippen molar-refractivity contribution in [3.63, 3.8) is 0 Å². The fourth-order valence-corrected chi connectivity index (χ4v) is 4.39. The van der Waals surface area contributed by atoms with Crippen LogP contribution in [0.1, 0.15) is 58.8 Å². The van der Waals surface area contributed by atoms with Gasteiger partial charge in [0.25, 0.3) is 0 Å². The number of Topliss-reactive ketones (excluding diaryl/α,β-unsaturated/α-hetero) is 2. The number of hydrogen-bond donors (Lipinski definition) is 0. The third-order valence-electron chi connectivity index (χ3n) is 6.27. The van der Waals surface area contributed by atoms with Gasteiger partial charge in [-0.1, -0.05) is 13.8 Å². The van der Waals surface area contributed by atoms with Gasteiger partial charge in [-0.25, -0.2) is 0 Å². The summed E-state index contributed by atoms with van der Waals surface area (Å²) < 4.78 is 0.959. The first-order chi connectivity index (χ1) is 11.4. The largest absolute Gasteiger partial charge is 0.358 e. The van der Waals surface area contributed by atoms with E-state index >= 15 is 0 Å². The Morgan fingerprint density at radius 1 is 0.920 bits per heavy atom. The van der Waals surface area contributed by atoms with Gasteiger partial charge in [-0.2, -0.15) is 0 Å². The number of hydrogen-bond acceptors (Lipinski definition) is 3. The first kappa shape index (κ1) is 22.3. The third-order valence-corrected chi connectivity index (χ3v) is 6.27. The van der Waals surface area contributed by atoms with E-state index in [2.05, 4.69) is 11.9 Å². The van der Waals surface area contributed by atoms with Crippen molar-refractivity contribution in [1.82, 2.24) is 4.90 Å². The molecule has 2 heterocycles. The highest BCUT2D eigenvalue weighted by molar-refractivity contribution is 5.80. The topological polar surface area (TPSA) is 37.4 Å². The van der Waals surface area contributed by atoms with Gasteiger partial charge >= 0.3 is 0 Å². The molecule has 0 saturated carbocycles. The van der Waals surface area contributed by atoms with E-state index in [-0.39, 0.29) is 7.43 Å². The fourth-order valence-electron chi connectivity index (χ4n) is 4.39. The van der Waals surface area contributed by atoms with Crippen molar-refractivity contribution in [2.75, 3.05) is 46.3 Å². The average Bonchev–Trinajstić information content (AvgIpc) is 2.58. The van der Waals surface area contributed by atoms with Crippen LogP contribution in [0.4, 0.5) is 0 Å². The molecule has 0 N–H and O–H groups in total. The van der Waals surface area contributed by atoms with E-state index in [4.69, 9.17) is 0 Å². The average molecular weight is 353 g/mol. The van der Waals surface area contributed by atoms with Gasteiger partial charge in [-0.3, -0.25) is 14.5 Å². The van der Waals surface area contributed by atoms with Crippen LogP contribution in [0.15, 0.2) is 0 Å². The zero-order valence-corrected chi connectivity index (χ0v) is 17.1. The molecule has 2 aliphatic heterocycles. The third kappa shape index (κ3) is 7.18. The highest BCUT2D eigenvalue weighted by atomic mass is 16.1. The second kappa shape index (κ2) is 10.4. The number of carbonyl (C=O) groups is 2. The van der Waals surface area contributed by atoms with Crippen LogP contribution in [0.3, 0.4) is 0 Å². The van der Waals surface area contributed by atoms with Gasteiger partial charge in [-0.15, -0.1) is 0 Å². The summed E-state index contributed by atoms with van der Waals surface area (Å²) in [5.74, 6) is 2.48. The summed E-state index contributed by atoms with van der Waals surface area (Å²) in [6.45, 7) is 9.85. The molecular weight excluding hydrogens is 312 g/mol. The summed E-state index contributed by atoms with van der Waals surface area (Å²) in [5.41, 5.74) is 0. The molecule has 4 heteroatoms. The lowest BCUT2D eigenvalue weighted by molar-refractivity contribution is -0.907. The van der Waals surface area contributed by atoms with Crippen molar-refractivity contribution >= 4 is 11.6 Å². The second-order valence-corrected chi connectivity index (χ2v) is 8.41. The molecule has 0 aliphatic carbocycles. The molecule has 0 radical (unpaired) electrons. The molecule has 0 amide bonds. The van der Waals surface area contributed by atoms with Crippen molar-refractivity contribution in [2.24, 2.45) is 11.8 Å². The maximum atomic E-state index is 11.8. The maximum absolute atomic E-state index is 11.8. The Morgan fingerprint density at radius 3 is 1.96 bits per heavy atom. The molecule has 25 heavy (non-hydrogen) atoms. The number of carbonyl (C=O) groups excluding carboxylic acids is 2. The van der Waals surface area contributed by atoms with E-state index < -0.39 is 0 Å². The van der Waals surface area contributed by atoms with E-state index in [1.165, 1.54) is 45.2 Å². The number of quaternary nitrogens is 1. The smallest absolute Gasteiger partial charge is 0.186 e. The highest BCUT2D eigenvalue weighted by Crippen LogP contribution is 2.31. The summed E-state index contributed by atoms with van der Waals surface area (Å²) in [6.07, 6.45) is 7.78. The summed E-state index contributed by atoms with van der Waals surface area (Å²) >= 11 is 0. The lowest BCUT2D eigenvalue weighted by Crippen LogP contribution is -2.52. The molecule has 0 atom stereocenters. The molecule has 2 aliphatic rings. The molecule has 2 fully saturated rings. The Labute approximate surface area is 155 Å². The van der Waals surface area contributed by atoms with Crippen molar-refractivity contribution in [2.45, 2.75) is 58.8 Å². The Morgan fingerprint density at radius 2 is 1.44 bits per heavy atom. The first-order valence-corrected chi connectivity index (χ1v) is 10.0. The monoisotopic (exact) mass is 352 g/mol. The van der Waals surface area contributed by atoms with Crippen molar-refractivity contribution in [3.05, 3.63) is 7.43 Å². The number of likely N-dealkylation sites (tertiary alicyclic amines) is 2. The molecule has 0 bridgehead atoms. The van der Waals surface area contributed by atoms with E-state index in [1.807, 2.05) is 13.8 Å². The van der Waals surface area contributed by atoms with Crippen LogP contribution in [-0.2, 0) is 9.59 Å². The van der Waals surface area contributed by atoms with Gasteiger partial charge in [0.1, 0.15) is 12.3 Å². The van der Waals surface area contributed by atoms with E-state index in [1.54, 1.807) is 0 Å². The van der Waals surface area contributed by atoms with Crippen LogP contribution >= 0.6 is 0 Å². The van der Waals surface area contributed by atoms with Gasteiger partial charge in [0.15, 0.2) is 5.78 Å². The number of likely N-dealkylation sites (N-methyl/N-ethyl adjacent to an activating group) is 1. The summed E-state index contributed by atoms with van der Waals surface area (Å²) in [5, 5.41) is 0. The highest BCUT2D eigenvalue weighted by Gasteiger charge is 2.33. The SMILES string of the molecule is CCC(=O)CN1CCC(CC2CC[N+](C)(CC(=O)CC)CC2)CC1.[CH3-]. The van der Waals surface area contributed by atoms with Crippen LogP contribution in [0, 0.1) is 19.3 Å². The first-order valence-electron chi connectivity index (χ1n) is 10.0. The lowest BCUT2D eigenvalue weighted by Gasteiger charge is -2.41. The summed E-state index contributed by atoms with van der Waals surface area (Å²) in [7, 11) is 2.26. The van der Waals surface area contributed by atoms with Gasteiger partial charge in [-0.05, 0) is 57.0 Å². The van der Waals surface area contributed by atoms with Gasteiger partial charge < -0.3 is 11.9 Å². The van der Waals surface area contributed by atoms with Crippen molar-refractivity contribution in [3.8, 4) is 0 Å². The molecule has 146 valence electrons. The number of ketones is 2. The molecule has 4 nitrogen and oxygen atoms in total. The Hall–Kier alpha value is -0.740. The van der Waals surface area contributed by atoms with Crippen molar-refractivity contribution in [1.29, 1.82) is 0 Å². The standard InChI is InChI=1S/C20H37N2O2.CH3/c1-4-19(23)15-21-10-6-17(7-11-21)14-18-8-12-22(3,13-9-18)16-20(24)5-2;/h17-18H,4-16H2,1-3H3;1H3/q+1;-1. The lowest BCUT2D eigenvalue weighted by atomic mass is 9.82. The quantitative estimate of drug-likeness (QED) is 0.496. The van der Waals surface area contributed by atoms with Crippen molar-refractivity contribution < 1.29 is 14.1 Å². The van der Waals surface area contributed by atoms with E-state index in [9.17, 15) is 9.59 Å². The predicted molar refractivity (Wildman–Crippen MR) is 104 cm³/mol. The Balaban J connectivity index is 0.00000312. The van der Waals surface area contributed by atoms with Crippen LogP contribution in [-0.4, -0.2) is 67.3 Å². The van der Waals surface area contributed by atoms with Gasteiger partial charge in [0.05, 0.1) is 26.7 Å². The van der Waals surface area contributed by atoms with Gasteiger partial charge in [0.2, 0.25) is 0 Å².